The quantitative estimate of drug-likeness (QED) is 0.419. The van der Waals surface area contributed by atoms with Gasteiger partial charge in [0.25, 0.3) is 0 Å². The lowest BCUT2D eigenvalue weighted by Gasteiger charge is -2.12. The van der Waals surface area contributed by atoms with Crippen LogP contribution in [-0.4, -0.2) is 46.4 Å². The standard InChI is InChI=1S/C25H26O7S/c1-3-31-21-9-7-19(8-10-21)20-5-4-6-23(16-20)33(28,29)24-14-18(15-25(26)27)13-22(17-24)32-12-11-30-2/h4-10,13-14,16-17H,3,11-12,15H2,1-2H3,(H,26,27). The maximum Gasteiger partial charge on any atom is 0.307 e. The van der Waals surface area contributed by atoms with E-state index >= 15 is 0 Å². The van der Waals surface area contributed by atoms with Crippen molar-refractivity contribution in [2.45, 2.75) is 23.1 Å². The van der Waals surface area contributed by atoms with Crippen LogP contribution in [-0.2, 0) is 25.8 Å². The van der Waals surface area contributed by atoms with Crippen LogP contribution >= 0.6 is 0 Å². The largest absolute Gasteiger partial charge is 0.494 e. The lowest BCUT2D eigenvalue weighted by molar-refractivity contribution is -0.136. The predicted molar refractivity (Wildman–Crippen MR) is 124 cm³/mol. The third-order valence-corrected chi connectivity index (χ3v) is 6.54. The van der Waals surface area contributed by atoms with Gasteiger partial charge in [-0.15, -0.1) is 0 Å². The molecule has 0 bridgehead atoms. The summed E-state index contributed by atoms with van der Waals surface area (Å²) in [5.74, 6) is -0.0572. The molecular weight excluding hydrogens is 444 g/mol. The van der Waals surface area contributed by atoms with Crippen molar-refractivity contribution in [2.24, 2.45) is 0 Å². The fourth-order valence-corrected chi connectivity index (χ4v) is 4.67. The number of hydrogen-bond acceptors (Lipinski definition) is 6. The molecule has 3 aromatic carbocycles. The number of methoxy groups -OCH3 is 1. The number of ether oxygens (including phenoxy) is 3. The Morgan fingerprint density at radius 3 is 2.27 bits per heavy atom. The Balaban J connectivity index is 1.98. The molecule has 0 fully saturated rings. The van der Waals surface area contributed by atoms with E-state index in [4.69, 9.17) is 14.2 Å². The highest BCUT2D eigenvalue weighted by Crippen LogP contribution is 2.30. The Kier molecular flexibility index (Phi) is 8.08. The Morgan fingerprint density at radius 2 is 1.61 bits per heavy atom. The SMILES string of the molecule is CCOc1ccc(-c2cccc(S(=O)(=O)c3cc(CC(=O)O)cc(OCCOC)c3)c2)cc1. The van der Waals surface area contributed by atoms with Gasteiger partial charge in [0.1, 0.15) is 18.1 Å². The van der Waals surface area contributed by atoms with Crippen LogP contribution in [0.15, 0.2) is 76.5 Å². The Bertz CT molecular complexity index is 1200. The number of benzene rings is 3. The van der Waals surface area contributed by atoms with E-state index in [1.165, 1.54) is 31.4 Å². The van der Waals surface area contributed by atoms with E-state index in [0.29, 0.717) is 18.8 Å². The molecule has 0 heterocycles. The molecule has 0 saturated carbocycles. The fraction of sp³-hybridized carbons (Fsp3) is 0.240. The van der Waals surface area contributed by atoms with Crippen LogP contribution < -0.4 is 9.47 Å². The second kappa shape index (κ2) is 11.0. The number of carbonyl (C=O) groups is 1. The number of hydrogen-bond donors (Lipinski definition) is 1. The first-order chi connectivity index (χ1) is 15.8. The highest BCUT2D eigenvalue weighted by molar-refractivity contribution is 7.91. The lowest BCUT2D eigenvalue weighted by atomic mass is 10.1. The summed E-state index contributed by atoms with van der Waals surface area (Å²) in [4.78, 5) is 11.3. The average molecular weight is 471 g/mol. The van der Waals surface area contributed by atoms with E-state index in [2.05, 4.69) is 0 Å². The van der Waals surface area contributed by atoms with Crippen molar-refractivity contribution in [3.8, 4) is 22.6 Å². The van der Waals surface area contributed by atoms with Gasteiger partial charge in [0.2, 0.25) is 9.84 Å². The van der Waals surface area contributed by atoms with Crippen molar-refractivity contribution in [1.82, 2.24) is 0 Å². The van der Waals surface area contributed by atoms with Crippen LogP contribution in [0.3, 0.4) is 0 Å². The molecule has 0 aliphatic carbocycles. The highest BCUT2D eigenvalue weighted by atomic mass is 32.2. The van der Waals surface area contributed by atoms with Gasteiger partial charge in [-0.3, -0.25) is 4.79 Å². The molecule has 8 heteroatoms. The normalized spacial score (nSPS) is 11.2. The van der Waals surface area contributed by atoms with Crippen LogP contribution in [0.5, 0.6) is 11.5 Å². The first-order valence-electron chi connectivity index (χ1n) is 10.4. The van der Waals surface area contributed by atoms with Crippen molar-refractivity contribution in [2.75, 3.05) is 26.9 Å². The van der Waals surface area contributed by atoms with Crippen LogP contribution in [0.4, 0.5) is 0 Å². The van der Waals surface area contributed by atoms with E-state index in [1.807, 2.05) is 37.3 Å². The van der Waals surface area contributed by atoms with E-state index in [1.54, 1.807) is 12.1 Å². The molecule has 0 aliphatic heterocycles. The van der Waals surface area contributed by atoms with Gasteiger partial charge >= 0.3 is 5.97 Å². The van der Waals surface area contributed by atoms with Gasteiger partial charge in [0, 0.05) is 7.11 Å². The maximum atomic E-state index is 13.4. The summed E-state index contributed by atoms with van der Waals surface area (Å²) in [7, 11) is -2.40. The summed E-state index contributed by atoms with van der Waals surface area (Å²) in [6.45, 7) is 2.99. The zero-order chi connectivity index (χ0) is 23.8. The second-order valence-electron chi connectivity index (χ2n) is 7.21. The molecule has 0 amide bonds. The van der Waals surface area contributed by atoms with Gasteiger partial charge in [-0.25, -0.2) is 8.42 Å². The van der Waals surface area contributed by atoms with Crippen molar-refractivity contribution >= 4 is 15.8 Å². The fourth-order valence-electron chi connectivity index (χ4n) is 3.28. The van der Waals surface area contributed by atoms with Crippen molar-refractivity contribution in [3.63, 3.8) is 0 Å². The third-order valence-electron chi connectivity index (χ3n) is 4.80. The van der Waals surface area contributed by atoms with Crippen molar-refractivity contribution in [1.29, 1.82) is 0 Å². The number of sulfone groups is 1. The summed E-state index contributed by atoms with van der Waals surface area (Å²) >= 11 is 0. The minimum Gasteiger partial charge on any atom is -0.494 e. The molecule has 0 atom stereocenters. The lowest BCUT2D eigenvalue weighted by Crippen LogP contribution is -2.08. The predicted octanol–water partition coefficient (Wildman–Crippen LogP) is 4.24. The van der Waals surface area contributed by atoms with Crippen LogP contribution in [0, 0.1) is 0 Å². The molecule has 0 aliphatic rings. The van der Waals surface area contributed by atoms with E-state index < -0.39 is 15.8 Å². The molecule has 3 rings (SSSR count). The van der Waals surface area contributed by atoms with Gasteiger partial charge in [-0.05, 0) is 66.1 Å². The molecule has 0 unspecified atom stereocenters. The zero-order valence-corrected chi connectivity index (χ0v) is 19.3. The highest BCUT2D eigenvalue weighted by Gasteiger charge is 2.21. The molecule has 0 saturated heterocycles. The summed E-state index contributed by atoms with van der Waals surface area (Å²) in [5, 5.41) is 9.18. The number of carboxylic acid groups (broad SMARTS) is 1. The molecule has 33 heavy (non-hydrogen) atoms. The van der Waals surface area contributed by atoms with Gasteiger partial charge in [-0.1, -0.05) is 24.3 Å². The van der Waals surface area contributed by atoms with Crippen LogP contribution in [0.2, 0.25) is 0 Å². The van der Waals surface area contributed by atoms with Crippen LogP contribution in [0.1, 0.15) is 12.5 Å². The summed E-state index contributed by atoms with van der Waals surface area (Å²) in [6, 6.07) is 18.3. The first kappa shape index (κ1) is 24.3. The third kappa shape index (κ3) is 6.34. The summed E-state index contributed by atoms with van der Waals surface area (Å²) < 4.78 is 42.8. The summed E-state index contributed by atoms with van der Waals surface area (Å²) in [5.41, 5.74) is 1.91. The molecule has 3 aromatic rings. The van der Waals surface area contributed by atoms with Crippen molar-refractivity contribution in [3.05, 3.63) is 72.3 Å². The molecule has 174 valence electrons. The summed E-state index contributed by atoms with van der Waals surface area (Å²) in [6.07, 6.45) is -0.323. The topological polar surface area (TPSA) is 99.1 Å². The van der Waals surface area contributed by atoms with E-state index in [-0.39, 0.29) is 28.6 Å². The van der Waals surface area contributed by atoms with Gasteiger partial charge < -0.3 is 19.3 Å². The molecule has 0 aromatic heterocycles. The van der Waals surface area contributed by atoms with E-state index in [0.717, 1.165) is 16.9 Å². The monoisotopic (exact) mass is 470 g/mol. The zero-order valence-electron chi connectivity index (χ0n) is 18.5. The molecule has 1 N–H and O–H groups in total. The number of carboxylic acids is 1. The van der Waals surface area contributed by atoms with Gasteiger partial charge in [0.15, 0.2) is 0 Å². The molecule has 7 nitrogen and oxygen atoms in total. The van der Waals surface area contributed by atoms with E-state index in [9.17, 15) is 18.3 Å². The Labute approximate surface area is 193 Å². The number of rotatable bonds is 11. The molecule has 0 radical (unpaired) electrons. The second-order valence-corrected chi connectivity index (χ2v) is 9.16. The number of aliphatic carboxylic acids is 1. The minimum atomic E-state index is -3.93. The average Bonchev–Trinajstić information content (AvgIpc) is 2.79. The smallest absolute Gasteiger partial charge is 0.307 e. The minimum absolute atomic E-state index is 0.0301. The van der Waals surface area contributed by atoms with Gasteiger partial charge in [0.05, 0.1) is 29.4 Å². The van der Waals surface area contributed by atoms with Crippen molar-refractivity contribution < 1.29 is 32.5 Å². The molecular formula is C25H26O7S. The van der Waals surface area contributed by atoms with Gasteiger partial charge in [-0.2, -0.15) is 0 Å². The maximum absolute atomic E-state index is 13.4. The van der Waals surface area contributed by atoms with Crippen LogP contribution in [0.25, 0.3) is 11.1 Å². The first-order valence-corrected chi connectivity index (χ1v) is 11.9. The Morgan fingerprint density at radius 1 is 0.848 bits per heavy atom. The Hall–Kier alpha value is -3.36. The molecule has 0 spiro atoms.